The monoisotopic (exact) mass is 258 g/mol. The minimum absolute atomic E-state index is 0.123. The quantitative estimate of drug-likeness (QED) is 0.644. The molecule has 0 unspecified atom stereocenters. The average Bonchev–Trinajstić information content (AvgIpc) is 2.58. The molecule has 1 heterocycles. The van der Waals surface area contributed by atoms with Gasteiger partial charge in [-0.3, -0.25) is 19.7 Å². The minimum Gasteiger partial charge on any atom is -0.480 e. The molecule has 7 nitrogen and oxygen atoms in total. The van der Waals surface area contributed by atoms with Gasteiger partial charge >= 0.3 is 5.97 Å². The molecule has 0 atom stereocenters. The van der Waals surface area contributed by atoms with E-state index in [0.29, 0.717) is 4.88 Å². The first-order chi connectivity index (χ1) is 7.82. The minimum atomic E-state index is -1.14. The number of carbonyl (C=O) groups excluding carboxylic acids is 1. The van der Waals surface area contributed by atoms with E-state index >= 15 is 0 Å². The van der Waals surface area contributed by atoms with E-state index in [1.54, 1.807) is 0 Å². The van der Waals surface area contributed by atoms with Gasteiger partial charge in [0, 0.05) is 13.1 Å². The number of nitro groups is 1. The Morgan fingerprint density at radius 1 is 1.59 bits per heavy atom. The highest BCUT2D eigenvalue weighted by Crippen LogP contribution is 2.28. The van der Waals surface area contributed by atoms with E-state index in [2.05, 4.69) is 0 Å². The molecule has 8 heteroatoms. The average molecular weight is 258 g/mol. The van der Waals surface area contributed by atoms with Crippen molar-refractivity contribution in [1.29, 1.82) is 0 Å². The van der Waals surface area contributed by atoms with Crippen molar-refractivity contribution in [2.24, 2.45) is 0 Å². The maximum atomic E-state index is 11.7. The highest BCUT2D eigenvalue weighted by Gasteiger charge is 2.22. The number of aliphatic carboxylic acids is 1. The van der Waals surface area contributed by atoms with Crippen LogP contribution in [0.3, 0.4) is 0 Å². The van der Waals surface area contributed by atoms with Crippen molar-refractivity contribution in [3.05, 3.63) is 25.9 Å². The van der Waals surface area contributed by atoms with Crippen LogP contribution in [0.25, 0.3) is 0 Å². The third-order valence-electron chi connectivity index (χ3n) is 2.02. The van der Waals surface area contributed by atoms with Crippen LogP contribution < -0.4 is 0 Å². The summed E-state index contributed by atoms with van der Waals surface area (Å²) in [4.78, 5) is 33.8. The first-order valence-corrected chi connectivity index (χ1v) is 5.36. The molecule has 0 saturated heterocycles. The van der Waals surface area contributed by atoms with Crippen LogP contribution in [0.5, 0.6) is 0 Å². The topological polar surface area (TPSA) is 101 Å². The summed E-state index contributed by atoms with van der Waals surface area (Å²) < 4.78 is 0. The summed E-state index contributed by atoms with van der Waals surface area (Å²) >= 11 is 0.980. The zero-order chi connectivity index (χ0) is 13.2. The molecule has 1 rings (SSSR count). The van der Waals surface area contributed by atoms with Crippen LogP contribution in [0.4, 0.5) is 5.69 Å². The Bertz CT molecular complexity index is 482. The molecule has 0 saturated carbocycles. The molecule has 1 N–H and O–H groups in total. The van der Waals surface area contributed by atoms with Gasteiger partial charge in [-0.1, -0.05) is 0 Å². The molecule has 17 heavy (non-hydrogen) atoms. The standard InChI is InChI=1S/C9H10N2O5S/c1-5-6(11(15)16)3-7(17-5)9(14)10(2)4-8(12)13/h3H,4H2,1-2H3,(H,12,13). The number of nitrogens with zero attached hydrogens (tertiary/aromatic N) is 2. The number of thiophene rings is 1. The van der Waals surface area contributed by atoms with Gasteiger partial charge in [0.1, 0.15) is 6.54 Å². The number of rotatable bonds is 4. The van der Waals surface area contributed by atoms with Crippen molar-refractivity contribution in [2.45, 2.75) is 6.92 Å². The van der Waals surface area contributed by atoms with E-state index in [1.165, 1.54) is 20.0 Å². The number of hydrogen-bond acceptors (Lipinski definition) is 5. The predicted octanol–water partition coefficient (Wildman–Crippen LogP) is 1.12. The molecule has 0 aliphatic carbocycles. The van der Waals surface area contributed by atoms with Crippen molar-refractivity contribution >= 4 is 28.9 Å². The van der Waals surface area contributed by atoms with Gasteiger partial charge in [0.05, 0.1) is 14.7 Å². The van der Waals surface area contributed by atoms with Crippen LogP contribution in [0.15, 0.2) is 6.07 Å². The molecule has 0 radical (unpaired) electrons. The highest BCUT2D eigenvalue weighted by atomic mass is 32.1. The fourth-order valence-electron chi connectivity index (χ4n) is 1.22. The molecule has 0 bridgehead atoms. The number of carboxylic acid groups (broad SMARTS) is 1. The number of carboxylic acids is 1. The van der Waals surface area contributed by atoms with Crippen molar-refractivity contribution in [3.8, 4) is 0 Å². The van der Waals surface area contributed by atoms with Crippen LogP contribution >= 0.6 is 11.3 Å². The lowest BCUT2D eigenvalue weighted by Crippen LogP contribution is -2.31. The van der Waals surface area contributed by atoms with Crippen LogP contribution in [-0.4, -0.2) is 40.4 Å². The predicted molar refractivity (Wildman–Crippen MR) is 60.3 cm³/mol. The van der Waals surface area contributed by atoms with E-state index in [1.807, 2.05) is 0 Å². The lowest BCUT2D eigenvalue weighted by Gasteiger charge is -2.12. The summed E-state index contributed by atoms with van der Waals surface area (Å²) in [5.41, 5.74) is -0.123. The number of amides is 1. The second kappa shape index (κ2) is 4.91. The summed E-state index contributed by atoms with van der Waals surface area (Å²) in [5.74, 6) is -1.67. The van der Waals surface area contributed by atoms with Gasteiger partial charge in [-0.15, -0.1) is 11.3 Å². The van der Waals surface area contributed by atoms with Gasteiger partial charge in [-0.2, -0.15) is 0 Å². The fourth-order valence-corrected chi connectivity index (χ4v) is 2.20. The Morgan fingerprint density at radius 3 is 2.59 bits per heavy atom. The molecule has 92 valence electrons. The zero-order valence-electron chi connectivity index (χ0n) is 9.17. The Morgan fingerprint density at radius 2 is 2.18 bits per heavy atom. The fraction of sp³-hybridized carbons (Fsp3) is 0.333. The van der Waals surface area contributed by atoms with E-state index in [4.69, 9.17) is 5.11 Å². The van der Waals surface area contributed by atoms with Gasteiger partial charge < -0.3 is 10.0 Å². The lowest BCUT2D eigenvalue weighted by molar-refractivity contribution is -0.385. The summed E-state index contributed by atoms with van der Waals surface area (Å²) in [5, 5.41) is 19.1. The van der Waals surface area contributed by atoms with E-state index in [0.717, 1.165) is 16.2 Å². The van der Waals surface area contributed by atoms with E-state index in [9.17, 15) is 19.7 Å². The number of hydrogen-bond donors (Lipinski definition) is 1. The Labute approximate surface area is 100 Å². The number of likely N-dealkylation sites (N-methyl/N-ethyl adjacent to an activating group) is 1. The molecular formula is C9H10N2O5S. The smallest absolute Gasteiger partial charge is 0.323 e. The maximum Gasteiger partial charge on any atom is 0.323 e. The molecule has 0 aromatic carbocycles. The van der Waals surface area contributed by atoms with E-state index < -0.39 is 23.3 Å². The second-order valence-corrected chi connectivity index (χ2v) is 4.62. The SMILES string of the molecule is Cc1sc(C(=O)N(C)CC(=O)O)cc1[N+](=O)[O-]. The molecule has 0 aliphatic heterocycles. The summed E-state index contributed by atoms with van der Waals surface area (Å²) in [6.07, 6.45) is 0. The van der Waals surface area contributed by atoms with Gasteiger partial charge in [-0.05, 0) is 6.92 Å². The normalized spacial score (nSPS) is 10.0. The Kier molecular flexibility index (Phi) is 3.79. The van der Waals surface area contributed by atoms with Crippen LogP contribution in [0.2, 0.25) is 0 Å². The third-order valence-corrected chi connectivity index (χ3v) is 3.05. The largest absolute Gasteiger partial charge is 0.480 e. The molecule has 0 aliphatic rings. The molecular weight excluding hydrogens is 248 g/mol. The van der Waals surface area contributed by atoms with Crippen LogP contribution in [-0.2, 0) is 4.79 Å². The Balaban J connectivity index is 2.93. The van der Waals surface area contributed by atoms with Crippen LogP contribution in [0.1, 0.15) is 14.5 Å². The van der Waals surface area contributed by atoms with Crippen LogP contribution in [0, 0.1) is 17.0 Å². The van der Waals surface area contributed by atoms with Crippen molar-refractivity contribution in [1.82, 2.24) is 4.90 Å². The molecule has 1 aromatic heterocycles. The van der Waals surface area contributed by atoms with Gasteiger partial charge in [0.15, 0.2) is 0 Å². The zero-order valence-corrected chi connectivity index (χ0v) is 9.98. The maximum absolute atomic E-state index is 11.7. The van der Waals surface area contributed by atoms with E-state index in [-0.39, 0.29) is 10.6 Å². The Hall–Kier alpha value is -1.96. The first kappa shape index (κ1) is 13.1. The summed E-state index contributed by atoms with van der Waals surface area (Å²) in [6, 6.07) is 1.17. The highest BCUT2D eigenvalue weighted by molar-refractivity contribution is 7.14. The molecule has 1 amide bonds. The van der Waals surface area contributed by atoms with Gasteiger partial charge in [0.2, 0.25) is 0 Å². The van der Waals surface area contributed by atoms with Crippen molar-refractivity contribution in [2.75, 3.05) is 13.6 Å². The van der Waals surface area contributed by atoms with Gasteiger partial charge in [-0.25, -0.2) is 0 Å². The van der Waals surface area contributed by atoms with Crippen molar-refractivity contribution < 1.29 is 19.6 Å². The summed E-state index contributed by atoms with van der Waals surface area (Å²) in [7, 11) is 1.33. The third kappa shape index (κ3) is 3.00. The number of carbonyl (C=O) groups is 2. The second-order valence-electron chi connectivity index (χ2n) is 3.36. The number of aryl methyl sites for hydroxylation is 1. The molecule has 0 spiro atoms. The van der Waals surface area contributed by atoms with Gasteiger partial charge in [0.25, 0.3) is 11.6 Å². The molecule has 1 aromatic rings. The lowest BCUT2D eigenvalue weighted by atomic mass is 10.3. The molecule has 0 fully saturated rings. The first-order valence-electron chi connectivity index (χ1n) is 4.55. The van der Waals surface area contributed by atoms with Crippen molar-refractivity contribution in [3.63, 3.8) is 0 Å². The summed E-state index contributed by atoms with van der Waals surface area (Å²) in [6.45, 7) is 1.10.